The molecule has 80 valence electrons. The standard InChI is InChI=1S/C12H21NO/c1-3-11(9-14-8-1)12(10-4-5-10)6-2-7-13-12/h10-11,13H,1-9H2. The van der Waals surface area contributed by atoms with Crippen molar-refractivity contribution in [2.24, 2.45) is 11.8 Å². The largest absolute Gasteiger partial charge is 0.381 e. The van der Waals surface area contributed by atoms with Gasteiger partial charge < -0.3 is 10.1 Å². The van der Waals surface area contributed by atoms with Gasteiger partial charge in [-0.25, -0.2) is 0 Å². The van der Waals surface area contributed by atoms with Crippen molar-refractivity contribution in [2.75, 3.05) is 19.8 Å². The molecule has 1 aliphatic carbocycles. The first-order chi connectivity index (χ1) is 6.92. The number of hydrogen-bond acceptors (Lipinski definition) is 2. The molecule has 3 aliphatic rings. The highest BCUT2D eigenvalue weighted by Crippen LogP contribution is 2.49. The van der Waals surface area contributed by atoms with Gasteiger partial charge in [-0.05, 0) is 51.0 Å². The van der Waals surface area contributed by atoms with Crippen LogP contribution in [0.15, 0.2) is 0 Å². The lowest BCUT2D eigenvalue weighted by Crippen LogP contribution is -2.51. The Hall–Kier alpha value is -0.0800. The molecule has 2 heterocycles. The third-order valence-electron chi connectivity index (χ3n) is 4.42. The first-order valence-electron chi connectivity index (χ1n) is 6.24. The van der Waals surface area contributed by atoms with Crippen LogP contribution in [-0.2, 0) is 4.74 Å². The summed E-state index contributed by atoms with van der Waals surface area (Å²) < 4.78 is 5.66. The van der Waals surface area contributed by atoms with Crippen molar-refractivity contribution in [3.8, 4) is 0 Å². The molecule has 3 fully saturated rings. The normalized spacial score (nSPS) is 44.1. The fraction of sp³-hybridized carbons (Fsp3) is 1.00. The van der Waals surface area contributed by atoms with Crippen molar-refractivity contribution < 1.29 is 4.74 Å². The molecule has 2 aliphatic heterocycles. The van der Waals surface area contributed by atoms with Crippen molar-refractivity contribution in [3.05, 3.63) is 0 Å². The van der Waals surface area contributed by atoms with Gasteiger partial charge in [-0.1, -0.05) is 0 Å². The van der Waals surface area contributed by atoms with Gasteiger partial charge in [-0.15, -0.1) is 0 Å². The summed E-state index contributed by atoms with van der Waals surface area (Å²) in [5.74, 6) is 1.79. The van der Waals surface area contributed by atoms with Crippen LogP contribution in [0.1, 0.15) is 38.5 Å². The number of rotatable bonds is 2. The van der Waals surface area contributed by atoms with Crippen LogP contribution >= 0.6 is 0 Å². The number of nitrogens with one attached hydrogen (secondary N) is 1. The molecule has 2 unspecified atom stereocenters. The van der Waals surface area contributed by atoms with E-state index in [1.54, 1.807) is 0 Å². The van der Waals surface area contributed by atoms with Gasteiger partial charge in [-0.3, -0.25) is 0 Å². The summed E-state index contributed by atoms with van der Waals surface area (Å²) in [7, 11) is 0. The summed E-state index contributed by atoms with van der Waals surface area (Å²) in [6.07, 6.45) is 8.38. The first kappa shape index (κ1) is 9.17. The minimum atomic E-state index is 0.500. The van der Waals surface area contributed by atoms with E-state index in [4.69, 9.17) is 4.74 Å². The molecular formula is C12H21NO. The minimum absolute atomic E-state index is 0.500. The summed E-state index contributed by atoms with van der Waals surface area (Å²) >= 11 is 0. The predicted octanol–water partition coefficient (Wildman–Crippen LogP) is 1.95. The van der Waals surface area contributed by atoms with E-state index in [1.807, 2.05) is 0 Å². The van der Waals surface area contributed by atoms with Crippen LogP contribution < -0.4 is 5.32 Å². The zero-order chi connectivity index (χ0) is 9.43. The molecule has 0 spiro atoms. The molecule has 0 radical (unpaired) electrons. The smallest absolute Gasteiger partial charge is 0.0512 e. The fourth-order valence-electron chi connectivity index (χ4n) is 3.57. The Morgan fingerprint density at radius 1 is 1.07 bits per heavy atom. The third kappa shape index (κ3) is 1.40. The van der Waals surface area contributed by atoms with Gasteiger partial charge in [-0.2, -0.15) is 0 Å². The molecule has 3 rings (SSSR count). The van der Waals surface area contributed by atoms with E-state index in [0.29, 0.717) is 5.54 Å². The second-order valence-electron chi connectivity index (χ2n) is 5.26. The van der Waals surface area contributed by atoms with Crippen LogP contribution in [0.3, 0.4) is 0 Å². The van der Waals surface area contributed by atoms with Gasteiger partial charge >= 0.3 is 0 Å². The van der Waals surface area contributed by atoms with Gasteiger partial charge in [0.2, 0.25) is 0 Å². The summed E-state index contributed by atoms with van der Waals surface area (Å²) in [4.78, 5) is 0. The van der Waals surface area contributed by atoms with Crippen LogP contribution in [0, 0.1) is 11.8 Å². The van der Waals surface area contributed by atoms with Crippen molar-refractivity contribution >= 4 is 0 Å². The molecule has 0 aromatic heterocycles. The van der Waals surface area contributed by atoms with E-state index in [9.17, 15) is 0 Å². The number of hydrogen-bond donors (Lipinski definition) is 1. The highest BCUT2D eigenvalue weighted by atomic mass is 16.5. The second kappa shape index (κ2) is 3.49. The maximum absolute atomic E-state index is 5.66. The van der Waals surface area contributed by atoms with Gasteiger partial charge in [0.1, 0.15) is 0 Å². The maximum Gasteiger partial charge on any atom is 0.0512 e. The monoisotopic (exact) mass is 195 g/mol. The molecular weight excluding hydrogens is 174 g/mol. The lowest BCUT2D eigenvalue weighted by atomic mass is 9.76. The average molecular weight is 195 g/mol. The number of ether oxygens (including phenoxy) is 1. The molecule has 2 nitrogen and oxygen atoms in total. The molecule has 2 heteroatoms. The molecule has 2 atom stereocenters. The summed E-state index contributed by atoms with van der Waals surface area (Å²) in [6.45, 7) is 3.26. The molecule has 0 amide bonds. The molecule has 2 saturated heterocycles. The molecule has 0 aromatic carbocycles. The molecule has 0 aromatic rings. The topological polar surface area (TPSA) is 21.3 Å². The molecule has 1 saturated carbocycles. The summed E-state index contributed by atoms with van der Waals surface area (Å²) in [6, 6.07) is 0. The Balaban J connectivity index is 1.76. The Morgan fingerprint density at radius 3 is 2.57 bits per heavy atom. The third-order valence-corrected chi connectivity index (χ3v) is 4.42. The first-order valence-corrected chi connectivity index (χ1v) is 6.24. The summed E-state index contributed by atoms with van der Waals surface area (Å²) in [5.41, 5.74) is 0.500. The highest BCUT2D eigenvalue weighted by molar-refractivity contribution is 5.08. The minimum Gasteiger partial charge on any atom is -0.381 e. The van der Waals surface area contributed by atoms with E-state index >= 15 is 0 Å². The van der Waals surface area contributed by atoms with Gasteiger partial charge in [0.05, 0.1) is 6.61 Å². The zero-order valence-corrected chi connectivity index (χ0v) is 8.93. The van der Waals surface area contributed by atoms with E-state index in [-0.39, 0.29) is 0 Å². The van der Waals surface area contributed by atoms with Crippen molar-refractivity contribution in [1.29, 1.82) is 0 Å². The van der Waals surface area contributed by atoms with Crippen LogP contribution in [0.2, 0.25) is 0 Å². The van der Waals surface area contributed by atoms with Gasteiger partial charge in [0, 0.05) is 18.1 Å². The Bertz CT molecular complexity index is 200. The van der Waals surface area contributed by atoms with Crippen LogP contribution in [0.4, 0.5) is 0 Å². The predicted molar refractivity (Wildman–Crippen MR) is 56.2 cm³/mol. The lowest BCUT2D eigenvalue weighted by Gasteiger charge is -2.40. The fourth-order valence-corrected chi connectivity index (χ4v) is 3.57. The summed E-state index contributed by atoms with van der Waals surface area (Å²) in [5, 5.41) is 3.82. The van der Waals surface area contributed by atoms with E-state index in [2.05, 4.69) is 5.32 Å². The Morgan fingerprint density at radius 2 is 2.00 bits per heavy atom. The van der Waals surface area contributed by atoms with Crippen LogP contribution in [0.25, 0.3) is 0 Å². The van der Waals surface area contributed by atoms with Crippen LogP contribution in [0.5, 0.6) is 0 Å². The van der Waals surface area contributed by atoms with E-state index < -0.39 is 0 Å². The Labute approximate surface area is 86.4 Å². The van der Waals surface area contributed by atoms with Crippen LogP contribution in [-0.4, -0.2) is 25.3 Å². The SMILES string of the molecule is C1COCC(C2(C3CC3)CCCN2)C1. The lowest BCUT2D eigenvalue weighted by molar-refractivity contribution is 0.00842. The van der Waals surface area contributed by atoms with E-state index in [0.717, 1.165) is 25.0 Å². The average Bonchev–Trinajstić information content (AvgIpc) is 2.99. The Kier molecular flexibility index (Phi) is 2.29. The van der Waals surface area contributed by atoms with Crippen molar-refractivity contribution in [2.45, 2.75) is 44.1 Å². The van der Waals surface area contributed by atoms with Gasteiger partial charge in [0.15, 0.2) is 0 Å². The zero-order valence-electron chi connectivity index (χ0n) is 8.93. The molecule has 0 bridgehead atoms. The van der Waals surface area contributed by atoms with Gasteiger partial charge in [0.25, 0.3) is 0 Å². The second-order valence-corrected chi connectivity index (χ2v) is 5.26. The van der Waals surface area contributed by atoms with E-state index in [1.165, 1.54) is 45.1 Å². The van der Waals surface area contributed by atoms with Crippen molar-refractivity contribution in [3.63, 3.8) is 0 Å². The quantitative estimate of drug-likeness (QED) is 0.727. The van der Waals surface area contributed by atoms with Crippen molar-refractivity contribution in [1.82, 2.24) is 5.32 Å². The molecule has 14 heavy (non-hydrogen) atoms. The molecule has 1 N–H and O–H groups in total. The maximum atomic E-state index is 5.66. The highest BCUT2D eigenvalue weighted by Gasteiger charge is 2.51.